The van der Waals surface area contributed by atoms with E-state index in [2.05, 4.69) is 16.0 Å². The van der Waals surface area contributed by atoms with E-state index >= 15 is 0 Å². The highest BCUT2D eigenvalue weighted by atomic mass is 32.1. The van der Waals surface area contributed by atoms with Gasteiger partial charge in [-0.3, -0.25) is 0 Å². The molecule has 2 N–H and O–H groups in total. The molecule has 0 bridgehead atoms. The van der Waals surface area contributed by atoms with E-state index in [-0.39, 0.29) is 6.03 Å². The summed E-state index contributed by atoms with van der Waals surface area (Å²) in [4.78, 5) is 13.4. The Morgan fingerprint density at radius 2 is 1.95 bits per heavy atom. The molecule has 2 amide bonds. The lowest BCUT2D eigenvalue weighted by molar-refractivity contribution is 0.252. The van der Waals surface area contributed by atoms with Crippen LogP contribution in [0.25, 0.3) is 0 Å². The first kappa shape index (κ1) is 14.1. The van der Waals surface area contributed by atoms with Crippen LogP contribution < -0.4 is 10.6 Å². The molecule has 1 aliphatic carbocycles. The Morgan fingerprint density at radius 1 is 1.14 bits per heavy atom. The molecule has 0 saturated carbocycles. The summed E-state index contributed by atoms with van der Waals surface area (Å²) in [7, 11) is 0. The monoisotopic (exact) mass is 300 g/mol. The van der Waals surface area contributed by atoms with Crippen LogP contribution in [-0.2, 0) is 19.3 Å². The molecular weight excluding hydrogens is 280 g/mol. The summed E-state index contributed by atoms with van der Waals surface area (Å²) in [6.45, 7) is 0.682. The molecule has 4 heteroatoms. The van der Waals surface area contributed by atoms with Crippen molar-refractivity contribution in [3.63, 3.8) is 0 Å². The van der Waals surface area contributed by atoms with Crippen molar-refractivity contribution >= 4 is 23.1 Å². The molecule has 21 heavy (non-hydrogen) atoms. The fourth-order valence-corrected chi connectivity index (χ4v) is 3.96. The molecule has 110 valence electrons. The number of hydrogen-bond donors (Lipinski definition) is 2. The third kappa shape index (κ3) is 3.64. The number of anilines is 1. The molecule has 2 aromatic rings. The maximum atomic E-state index is 11.8. The lowest BCUT2D eigenvalue weighted by atomic mass is 9.95. The van der Waals surface area contributed by atoms with Gasteiger partial charge in [-0.25, -0.2) is 4.79 Å². The van der Waals surface area contributed by atoms with Crippen molar-refractivity contribution in [3.8, 4) is 0 Å². The van der Waals surface area contributed by atoms with Gasteiger partial charge < -0.3 is 10.6 Å². The van der Waals surface area contributed by atoms with E-state index in [0.717, 1.165) is 12.1 Å². The summed E-state index contributed by atoms with van der Waals surface area (Å²) in [6.07, 6.45) is 6.00. The van der Waals surface area contributed by atoms with Crippen LogP contribution in [0.5, 0.6) is 0 Å². The number of urea groups is 1. The Kier molecular flexibility index (Phi) is 4.55. The lowest BCUT2D eigenvalue weighted by Gasteiger charge is -2.13. The molecule has 0 atom stereocenters. The third-order valence-corrected chi connectivity index (χ3v) is 5.00. The maximum absolute atomic E-state index is 11.8. The summed E-state index contributed by atoms with van der Waals surface area (Å²) < 4.78 is 0. The number of thiophene rings is 1. The number of aryl methyl sites for hydroxylation is 1. The molecule has 0 aliphatic heterocycles. The Morgan fingerprint density at radius 3 is 2.81 bits per heavy atom. The van der Waals surface area contributed by atoms with Gasteiger partial charge in [0.05, 0.1) is 0 Å². The number of fused-ring (bicyclic) bond motifs is 1. The van der Waals surface area contributed by atoms with Gasteiger partial charge in [0, 0.05) is 17.1 Å². The molecule has 1 heterocycles. The molecule has 3 nitrogen and oxygen atoms in total. The Labute approximate surface area is 129 Å². The molecule has 1 aromatic carbocycles. The summed E-state index contributed by atoms with van der Waals surface area (Å²) in [6, 6.07) is 9.39. The number of nitrogens with one attached hydrogen (secondary N) is 2. The number of carbonyl (C=O) groups is 1. The molecule has 0 radical (unpaired) electrons. The molecule has 1 aliphatic rings. The third-order valence-electron chi connectivity index (χ3n) is 3.86. The summed E-state index contributed by atoms with van der Waals surface area (Å²) >= 11 is 1.89. The van der Waals surface area contributed by atoms with Crippen molar-refractivity contribution in [2.75, 3.05) is 11.9 Å². The van der Waals surface area contributed by atoms with Crippen LogP contribution in [0.2, 0.25) is 0 Å². The maximum Gasteiger partial charge on any atom is 0.319 e. The fourth-order valence-electron chi connectivity index (χ4n) is 2.78. The summed E-state index contributed by atoms with van der Waals surface area (Å²) in [5.41, 5.74) is 3.80. The van der Waals surface area contributed by atoms with Crippen molar-refractivity contribution in [1.29, 1.82) is 0 Å². The highest BCUT2D eigenvalue weighted by molar-refractivity contribution is 7.10. The zero-order valence-electron chi connectivity index (χ0n) is 12.0. The Bertz CT molecular complexity index is 607. The standard InChI is InChI=1S/C17H20N2OS/c20-17(19-14-6-2-1-3-7-14)18-11-10-13-12-21-16-9-5-4-8-15(13)16/h1-3,6-7,12H,4-5,8-11H2,(H2,18,19,20). The van der Waals surface area contributed by atoms with E-state index in [0.29, 0.717) is 6.54 Å². The number of amides is 2. The highest BCUT2D eigenvalue weighted by Gasteiger charge is 2.15. The summed E-state index contributed by atoms with van der Waals surface area (Å²) in [5.74, 6) is 0. The molecule has 0 fully saturated rings. The van der Waals surface area contributed by atoms with Gasteiger partial charge in [-0.15, -0.1) is 11.3 Å². The number of hydrogen-bond acceptors (Lipinski definition) is 2. The van der Waals surface area contributed by atoms with Crippen molar-refractivity contribution in [3.05, 3.63) is 51.7 Å². The van der Waals surface area contributed by atoms with Crippen LogP contribution in [0.3, 0.4) is 0 Å². The van der Waals surface area contributed by atoms with Gasteiger partial charge in [0.2, 0.25) is 0 Å². The van der Waals surface area contributed by atoms with Gasteiger partial charge in [0.1, 0.15) is 0 Å². The Hall–Kier alpha value is -1.81. The second-order valence-corrected chi connectivity index (χ2v) is 6.33. The van der Waals surface area contributed by atoms with Gasteiger partial charge in [-0.05, 0) is 60.7 Å². The van der Waals surface area contributed by atoms with Gasteiger partial charge in [0.25, 0.3) is 0 Å². The van der Waals surface area contributed by atoms with E-state index < -0.39 is 0 Å². The van der Waals surface area contributed by atoms with E-state index in [4.69, 9.17) is 0 Å². The zero-order chi connectivity index (χ0) is 14.5. The van der Waals surface area contributed by atoms with Gasteiger partial charge in [-0.2, -0.15) is 0 Å². The highest BCUT2D eigenvalue weighted by Crippen LogP contribution is 2.30. The number of benzene rings is 1. The molecule has 0 spiro atoms. The molecule has 0 saturated heterocycles. The smallest absolute Gasteiger partial charge is 0.319 e. The molecule has 0 unspecified atom stereocenters. The summed E-state index contributed by atoms with van der Waals surface area (Å²) in [5, 5.41) is 8.04. The number of carbonyl (C=O) groups excluding carboxylic acids is 1. The van der Waals surface area contributed by atoms with Crippen molar-refractivity contribution < 1.29 is 4.79 Å². The Balaban J connectivity index is 1.48. The van der Waals surface area contributed by atoms with Crippen molar-refractivity contribution in [2.24, 2.45) is 0 Å². The van der Waals surface area contributed by atoms with Crippen LogP contribution in [0.1, 0.15) is 28.8 Å². The molecular formula is C17H20N2OS. The average molecular weight is 300 g/mol. The van der Waals surface area contributed by atoms with Gasteiger partial charge in [-0.1, -0.05) is 18.2 Å². The predicted molar refractivity (Wildman–Crippen MR) is 88.1 cm³/mol. The van der Waals surface area contributed by atoms with Crippen molar-refractivity contribution in [2.45, 2.75) is 32.1 Å². The van der Waals surface area contributed by atoms with E-state index in [1.807, 2.05) is 41.7 Å². The minimum atomic E-state index is -0.134. The van der Waals surface area contributed by atoms with E-state index in [1.54, 1.807) is 10.4 Å². The number of rotatable bonds is 4. The van der Waals surface area contributed by atoms with E-state index in [1.165, 1.54) is 31.2 Å². The normalized spacial score (nSPS) is 13.5. The van der Waals surface area contributed by atoms with Crippen LogP contribution >= 0.6 is 11.3 Å². The first-order valence-electron chi connectivity index (χ1n) is 7.51. The minimum absolute atomic E-state index is 0.134. The van der Waals surface area contributed by atoms with Crippen LogP contribution in [0.15, 0.2) is 35.7 Å². The fraction of sp³-hybridized carbons (Fsp3) is 0.353. The van der Waals surface area contributed by atoms with Crippen molar-refractivity contribution in [1.82, 2.24) is 5.32 Å². The van der Waals surface area contributed by atoms with Crippen LogP contribution in [0.4, 0.5) is 10.5 Å². The largest absolute Gasteiger partial charge is 0.338 e. The minimum Gasteiger partial charge on any atom is -0.338 e. The predicted octanol–water partition coefficient (Wildman–Crippen LogP) is 3.99. The van der Waals surface area contributed by atoms with E-state index in [9.17, 15) is 4.79 Å². The van der Waals surface area contributed by atoms with Crippen LogP contribution in [-0.4, -0.2) is 12.6 Å². The quantitative estimate of drug-likeness (QED) is 0.880. The lowest BCUT2D eigenvalue weighted by Crippen LogP contribution is -2.30. The molecule has 1 aromatic heterocycles. The zero-order valence-corrected chi connectivity index (χ0v) is 12.8. The van der Waals surface area contributed by atoms with Crippen LogP contribution in [0, 0.1) is 0 Å². The average Bonchev–Trinajstić information content (AvgIpc) is 2.92. The van der Waals surface area contributed by atoms with Gasteiger partial charge in [0.15, 0.2) is 0 Å². The van der Waals surface area contributed by atoms with Gasteiger partial charge >= 0.3 is 6.03 Å². The molecule has 3 rings (SSSR count). The SMILES string of the molecule is O=C(NCCc1csc2c1CCCC2)Nc1ccccc1. The number of para-hydroxylation sites is 1. The second-order valence-electron chi connectivity index (χ2n) is 5.37. The second kappa shape index (κ2) is 6.76. The first-order valence-corrected chi connectivity index (χ1v) is 8.39. The topological polar surface area (TPSA) is 41.1 Å². The first-order chi connectivity index (χ1) is 10.3.